The molecule has 0 aliphatic carbocycles. The molecule has 8 heteroatoms. The third kappa shape index (κ3) is 4.40. The zero-order chi connectivity index (χ0) is 22.8. The van der Waals surface area contributed by atoms with Gasteiger partial charge in [-0.15, -0.1) is 16.4 Å². The van der Waals surface area contributed by atoms with Crippen LogP contribution in [-0.2, 0) is 12.0 Å². The van der Waals surface area contributed by atoms with Crippen LogP contribution in [0, 0.1) is 6.92 Å². The van der Waals surface area contributed by atoms with Gasteiger partial charge in [0.05, 0.1) is 33.2 Å². The topological polar surface area (TPSA) is 93.4 Å². The molecule has 0 saturated heterocycles. The van der Waals surface area contributed by atoms with Gasteiger partial charge in [-0.25, -0.2) is 9.97 Å². The Morgan fingerprint density at radius 2 is 2.03 bits per heavy atom. The zero-order valence-electron chi connectivity index (χ0n) is 18.3. The fraction of sp³-hybridized carbons (Fsp3) is 0.240. The molecule has 4 aromatic rings. The van der Waals surface area contributed by atoms with Crippen LogP contribution in [0.5, 0.6) is 5.75 Å². The molecule has 0 amide bonds. The minimum atomic E-state index is -0.731. The summed E-state index contributed by atoms with van der Waals surface area (Å²) in [6.45, 7) is 3.94. The first-order chi connectivity index (χ1) is 16.0. The van der Waals surface area contributed by atoms with Crippen LogP contribution in [-0.4, -0.2) is 44.2 Å². The Morgan fingerprint density at radius 3 is 2.79 bits per heavy atom. The van der Waals surface area contributed by atoms with Crippen molar-refractivity contribution in [1.29, 1.82) is 0 Å². The van der Waals surface area contributed by atoms with Crippen molar-refractivity contribution in [3.8, 4) is 17.0 Å². The van der Waals surface area contributed by atoms with Gasteiger partial charge in [0.25, 0.3) is 0 Å². The summed E-state index contributed by atoms with van der Waals surface area (Å²) in [6.07, 6.45) is 7.42. The molecule has 33 heavy (non-hydrogen) atoms. The third-order valence-corrected chi connectivity index (χ3v) is 6.47. The highest BCUT2D eigenvalue weighted by Crippen LogP contribution is 2.35. The van der Waals surface area contributed by atoms with Gasteiger partial charge in [0.15, 0.2) is 5.82 Å². The van der Waals surface area contributed by atoms with Gasteiger partial charge in [0, 0.05) is 18.2 Å². The number of aliphatic hydroxyl groups is 1. The summed E-state index contributed by atoms with van der Waals surface area (Å²) in [4.78, 5) is 14.4. The lowest BCUT2D eigenvalue weighted by Crippen LogP contribution is -2.26. The summed E-state index contributed by atoms with van der Waals surface area (Å²) < 4.78 is 6.77. The molecule has 0 fully saturated rings. The predicted molar refractivity (Wildman–Crippen MR) is 130 cm³/mol. The Labute approximate surface area is 195 Å². The normalized spacial score (nSPS) is 18.2. The second-order valence-electron chi connectivity index (χ2n) is 8.12. The molecule has 0 saturated carbocycles. The number of thiazole rings is 1. The van der Waals surface area contributed by atoms with Crippen LogP contribution in [0.2, 0.25) is 0 Å². The van der Waals surface area contributed by atoms with E-state index in [1.165, 1.54) is 0 Å². The van der Waals surface area contributed by atoms with Crippen LogP contribution in [0.3, 0.4) is 0 Å². The van der Waals surface area contributed by atoms with Crippen molar-refractivity contribution in [2.24, 2.45) is 4.99 Å². The second kappa shape index (κ2) is 8.80. The number of aliphatic imine (C=N–C) groups is 1. The number of aliphatic hydroxyl groups excluding tert-OH is 1. The monoisotopic (exact) mass is 457 g/mol. The predicted octanol–water partition coefficient (Wildman–Crippen LogP) is 4.29. The number of allylic oxidation sites excluding steroid dienone is 1. The van der Waals surface area contributed by atoms with Crippen molar-refractivity contribution < 1.29 is 9.84 Å². The van der Waals surface area contributed by atoms with Gasteiger partial charge in [-0.3, -0.25) is 4.99 Å². The number of benzene rings is 2. The Hall–Kier alpha value is -3.49. The molecule has 1 aliphatic heterocycles. The molecule has 166 valence electrons. The lowest BCUT2D eigenvalue weighted by Gasteiger charge is -2.21. The van der Waals surface area contributed by atoms with E-state index in [0.717, 1.165) is 32.0 Å². The maximum Gasteiger partial charge on any atom is 0.183 e. The van der Waals surface area contributed by atoms with Crippen LogP contribution in [0.4, 0.5) is 0 Å². The highest BCUT2D eigenvalue weighted by molar-refractivity contribution is 7.18. The second-order valence-corrected chi connectivity index (χ2v) is 9.23. The Kier molecular flexibility index (Phi) is 5.70. The molecule has 0 bridgehead atoms. The van der Waals surface area contributed by atoms with E-state index in [1.807, 2.05) is 55.5 Å². The molecule has 7 nitrogen and oxygen atoms in total. The van der Waals surface area contributed by atoms with E-state index in [-0.39, 0.29) is 6.61 Å². The number of aromatic nitrogens is 4. The van der Waals surface area contributed by atoms with Crippen molar-refractivity contribution in [2.75, 3.05) is 6.61 Å². The van der Waals surface area contributed by atoms with Gasteiger partial charge in [0.2, 0.25) is 0 Å². The standard InChI is InChI=1S/C25H23N5O2S/c1-16-12-18(32-15-17(2)31)8-9-19(16)21-14-27-30-24(29-21)25(10-5-11-26-25)13-23-28-20-6-3-4-7-22(20)33-23/h3-12,14,17,31H,13,15H2,1-2H3. The number of rotatable bonds is 7. The smallest absolute Gasteiger partial charge is 0.183 e. The quantitative estimate of drug-likeness (QED) is 0.445. The molecule has 3 heterocycles. The first-order valence-electron chi connectivity index (χ1n) is 10.7. The summed E-state index contributed by atoms with van der Waals surface area (Å²) in [5.41, 5.74) is 2.91. The molecule has 0 radical (unpaired) electrons. The van der Waals surface area contributed by atoms with E-state index in [0.29, 0.717) is 18.0 Å². The highest BCUT2D eigenvalue weighted by atomic mass is 32.1. The van der Waals surface area contributed by atoms with Gasteiger partial charge < -0.3 is 9.84 Å². The molecule has 2 atom stereocenters. The summed E-state index contributed by atoms with van der Waals surface area (Å²) in [5, 5.41) is 19.0. The largest absolute Gasteiger partial charge is 0.491 e. The summed E-state index contributed by atoms with van der Waals surface area (Å²) in [6, 6.07) is 13.9. The van der Waals surface area contributed by atoms with Crippen LogP contribution >= 0.6 is 11.3 Å². The average molecular weight is 458 g/mol. The third-order valence-electron chi connectivity index (χ3n) is 5.43. The number of hydrogen-bond acceptors (Lipinski definition) is 8. The lowest BCUT2D eigenvalue weighted by atomic mass is 9.95. The number of para-hydroxylation sites is 1. The molecule has 2 unspecified atom stereocenters. The van der Waals surface area contributed by atoms with E-state index < -0.39 is 11.6 Å². The summed E-state index contributed by atoms with van der Waals surface area (Å²) >= 11 is 1.66. The lowest BCUT2D eigenvalue weighted by molar-refractivity contribution is 0.122. The number of fused-ring (bicyclic) bond motifs is 1. The number of nitrogens with zero attached hydrogens (tertiary/aromatic N) is 5. The average Bonchev–Trinajstić information content (AvgIpc) is 3.45. The first-order valence-corrected chi connectivity index (χ1v) is 11.5. The van der Waals surface area contributed by atoms with Crippen LogP contribution < -0.4 is 4.74 Å². The van der Waals surface area contributed by atoms with E-state index in [2.05, 4.69) is 16.3 Å². The van der Waals surface area contributed by atoms with Gasteiger partial charge in [-0.1, -0.05) is 12.1 Å². The Morgan fingerprint density at radius 1 is 1.15 bits per heavy atom. The van der Waals surface area contributed by atoms with Crippen LogP contribution in [0.1, 0.15) is 23.3 Å². The van der Waals surface area contributed by atoms with Crippen molar-refractivity contribution in [3.63, 3.8) is 0 Å². The molecule has 5 rings (SSSR count). The van der Waals surface area contributed by atoms with Gasteiger partial charge >= 0.3 is 0 Å². The number of aryl methyl sites for hydroxylation is 1. The van der Waals surface area contributed by atoms with Gasteiger partial charge in [-0.2, -0.15) is 5.10 Å². The summed E-state index contributed by atoms with van der Waals surface area (Å²) in [7, 11) is 0. The Balaban J connectivity index is 1.47. The highest BCUT2D eigenvalue weighted by Gasteiger charge is 2.36. The molecule has 0 spiro atoms. The fourth-order valence-corrected chi connectivity index (χ4v) is 4.87. The number of ether oxygens (including phenoxy) is 1. The van der Waals surface area contributed by atoms with Crippen molar-refractivity contribution in [3.05, 3.63) is 77.2 Å². The first kappa shape index (κ1) is 21.4. The fourth-order valence-electron chi connectivity index (χ4n) is 3.81. The SMILES string of the molecule is Cc1cc(OCC(C)O)ccc1-c1cnnc(C2(Cc3nc4ccccc4s3)C=CC=N2)n1. The van der Waals surface area contributed by atoms with Gasteiger partial charge in [0.1, 0.15) is 17.9 Å². The molecular formula is C25H23N5O2S. The molecular weight excluding hydrogens is 434 g/mol. The molecule has 2 aromatic carbocycles. The maximum atomic E-state index is 9.45. The summed E-state index contributed by atoms with van der Waals surface area (Å²) in [5.74, 6) is 1.24. The van der Waals surface area contributed by atoms with Crippen molar-refractivity contribution >= 4 is 27.8 Å². The molecule has 2 aromatic heterocycles. The van der Waals surface area contributed by atoms with E-state index in [1.54, 1.807) is 30.7 Å². The minimum absolute atomic E-state index is 0.247. The minimum Gasteiger partial charge on any atom is -0.491 e. The van der Waals surface area contributed by atoms with Gasteiger partial charge in [-0.05, 0) is 61.9 Å². The number of hydrogen-bond donors (Lipinski definition) is 1. The van der Waals surface area contributed by atoms with Crippen molar-refractivity contribution in [2.45, 2.75) is 31.9 Å². The maximum absolute atomic E-state index is 9.45. The van der Waals surface area contributed by atoms with E-state index in [4.69, 9.17) is 19.7 Å². The van der Waals surface area contributed by atoms with Crippen molar-refractivity contribution in [1.82, 2.24) is 20.2 Å². The zero-order valence-corrected chi connectivity index (χ0v) is 19.2. The van der Waals surface area contributed by atoms with E-state index in [9.17, 15) is 5.11 Å². The van der Waals surface area contributed by atoms with Crippen LogP contribution in [0.25, 0.3) is 21.5 Å². The molecule has 1 aliphatic rings. The molecule has 1 N–H and O–H groups in total. The van der Waals surface area contributed by atoms with Crippen LogP contribution in [0.15, 0.2) is 65.8 Å². The van der Waals surface area contributed by atoms with E-state index >= 15 is 0 Å². The Bertz CT molecular complexity index is 1320.